The Balaban J connectivity index is 2.13. The van der Waals surface area contributed by atoms with Gasteiger partial charge in [0.05, 0.1) is 6.61 Å². The Hall–Kier alpha value is -1.88. The number of carbonyl (C=O) groups excluding carboxylic acids is 2. The Kier molecular flexibility index (Phi) is 3.85. The van der Waals surface area contributed by atoms with Crippen molar-refractivity contribution in [3.8, 4) is 0 Å². The van der Waals surface area contributed by atoms with Crippen LogP contribution in [0.4, 0.5) is 5.69 Å². The summed E-state index contributed by atoms with van der Waals surface area (Å²) in [5.74, 6) is -0.508. The number of ether oxygens (including phenoxy) is 1. The lowest BCUT2D eigenvalue weighted by atomic mass is 10.0. The maximum Gasteiger partial charge on any atom is 0.249 e. The van der Waals surface area contributed by atoms with Gasteiger partial charge in [0.15, 0.2) is 0 Å². The summed E-state index contributed by atoms with van der Waals surface area (Å²) in [7, 11) is 0. The van der Waals surface area contributed by atoms with E-state index >= 15 is 0 Å². The Bertz CT molecular complexity index is 502. The van der Waals surface area contributed by atoms with Crippen molar-refractivity contribution in [2.45, 2.75) is 26.8 Å². The SMILES string of the molecule is Cc1cc(C)c(NC(=O)C2COCC(=O)N2)c(C)c1. The molecule has 1 aliphatic rings. The van der Waals surface area contributed by atoms with Gasteiger partial charge in [0.2, 0.25) is 11.8 Å². The van der Waals surface area contributed by atoms with Crippen LogP contribution >= 0.6 is 0 Å². The number of anilines is 1. The Morgan fingerprint density at radius 2 is 1.95 bits per heavy atom. The van der Waals surface area contributed by atoms with Crippen LogP contribution in [0.1, 0.15) is 16.7 Å². The first-order chi connectivity index (χ1) is 8.97. The Morgan fingerprint density at radius 3 is 2.53 bits per heavy atom. The number of rotatable bonds is 2. The number of benzene rings is 1. The maximum absolute atomic E-state index is 12.1. The van der Waals surface area contributed by atoms with E-state index in [0.717, 1.165) is 22.4 Å². The van der Waals surface area contributed by atoms with Gasteiger partial charge >= 0.3 is 0 Å². The third-order valence-electron chi connectivity index (χ3n) is 3.09. The number of aryl methyl sites for hydroxylation is 3. The number of morpholine rings is 1. The molecular formula is C14H18N2O3. The zero-order chi connectivity index (χ0) is 14.0. The number of amides is 2. The lowest BCUT2D eigenvalue weighted by Gasteiger charge is -2.23. The van der Waals surface area contributed by atoms with Gasteiger partial charge in [-0.05, 0) is 31.9 Å². The van der Waals surface area contributed by atoms with Gasteiger partial charge in [-0.3, -0.25) is 9.59 Å². The Labute approximate surface area is 112 Å². The average molecular weight is 262 g/mol. The second-order valence-corrected chi connectivity index (χ2v) is 4.90. The molecule has 1 aliphatic heterocycles. The molecule has 1 unspecified atom stereocenters. The van der Waals surface area contributed by atoms with Gasteiger partial charge in [0.1, 0.15) is 12.6 Å². The summed E-state index contributed by atoms with van der Waals surface area (Å²) in [4.78, 5) is 23.3. The standard InChI is InChI=1S/C14H18N2O3/c1-8-4-9(2)13(10(3)5-8)16-14(18)11-6-19-7-12(17)15-11/h4-5,11H,6-7H2,1-3H3,(H,15,17)(H,16,18). The van der Waals surface area contributed by atoms with Crippen LogP contribution in [0.25, 0.3) is 0 Å². The summed E-state index contributed by atoms with van der Waals surface area (Å²) in [6.07, 6.45) is 0. The van der Waals surface area contributed by atoms with E-state index in [0.29, 0.717) is 0 Å². The molecule has 102 valence electrons. The van der Waals surface area contributed by atoms with Crippen molar-refractivity contribution in [1.82, 2.24) is 5.32 Å². The third kappa shape index (κ3) is 3.12. The molecule has 0 spiro atoms. The quantitative estimate of drug-likeness (QED) is 0.837. The van der Waals surface area contributed by atoms with Crippen LogP contribution in [-0.2, 0) is 14.3 Å². The minimum atomic E-state index is -0.624. The predicted molar refractivity (Wildman–Crippen MR) is 72.0 cm³/mol. The summed E-state index contributed by atoms with van der Waals surface area (Å²) in [6, 6.07) is 3.40. The van der Waals surface area contributed by atoms with Crippen molar-refractivity contribution in [3.05, 3.63) is 28.8 Å². The zero-order valence-corrected chi connectivity index (χ0v) is 11.4. The fourth-order valence-corrected chi connectivity index (χ4v) is 2.28. The molecule has 1 aromatic carbocycles. The first-order valence-electron chi connectivity index (χ1n) is 6.23. The van der Waals surface area contributed by atoms with E-state index in [9.17, 15) is 9.59 Å². The second-order valence-electron chi connectivity index (χ2n) is 4.90. The van der Waals surface area contributed by atoms with Crippen molar-refractivity contribution in [2.24, 2.45) is 0 Å². The van der Waals surface area contributed by atoms with Gasteiger partial charge in [-0.15, -0.1) is 0 Å². The van der Waals surface area contributed by atoms with Crippen LogP contribution in [0.5, 0.6) is 0 Å². The van der Waals surface area contributed by atoms with Crippen molar-refractivity contribution in [1.29, 1.82) is 0 Å². The molecule has 19 heavy (non-hydrogen) atoms. The van der Waals surface area contributed by atoms with Crippen molar-refractivity contribution < 1.29 is 14.3 Å². The Morgan fingerprint density at radius 1 is 1.32 bits per heavy atom. The summed E-state index contributed by atoms with van der Waals surface area (Å²) >= 11 is 0. The van der Waals surface area contributed by atoms with Gasteiger partial charge < -0.3 is 15.4 Å². The smallest absolute Gasteiger partial charge is 0.249 e. The molecule has 1 atom stereocenters. The van der Waals surface area contributed by atoms with E-state index in [-0.39, 0.29) is 25.0 Å². The second kappa shape index (κ2) is 5.40. The molecule has 5 nitrogen and oxygen atoms in total. The normalized spacial score (nSPS) is 18.9. The first-order valence-corrected chi connectivity index (χ1v) is 6.23. The molecule has 2 amide bonds. The summed E-state index contributed by atoms with van der Waals surface area (Å²) in [5, 5.41) is 5.47. The molecule has 2 N–H and O–H groups in total. The van der Waals surface area contributed by atoms with E-state index < -0.39 is 6.04 Å². The van der Waals surface area contributed by atoms with Gasteiger partial charge in [0.25, 0.3) is 0 Å². The van der Waals surface area contributed by atoms with Crippen molar-refractivity contribution >= 4 is 17.5 Å². The first kappa shape index (κ1) is 13.5. The molecule has 1 aromatic rings. The van der Waals surface area contributed by atoms with E-state index in [1.165, 1.54) is 0 Å². The van der Waals surface area contributed by atoms with E-state index in [4.69, 9.17) is 4.74 Å². The maximum atomic E-state index is 12.1. The minimum Gasteiger partial charge on any atom is -0.369 e. The monoisotopic (exact) mass is 262 g/mol. The molecule has 5 heteroatoms. The van der Waals surface area contributed by atoms with Crippen LogP contribution in [0, 0.1) is 20.8 Å². The molecule has 0 aliphatic carbocycles. The summed E-state index contributed by atoms with van der Waals surface area (Å²) in [5.41, 5.74) is 3.97. The molecule has 1 fully saturated rings. The molecule has 0 radical (unpaired) electrons. The number of nitrogens with one attached hydrogen (secondary N) is 2. The molecular weight excluding hydrogens is 244 g/mol. The predicted octanol–water partition coefficient (Wildman–Crippen LogP) is 1.07. The molecule has 2 rings (SSSR count). The minimum absolute atomic E-state index is 0.0202. The van der Waals surface area contributed by atoms with Gasteiger partial charge in [-0.1, -0.05) is 17.7 Å². The van der Waals surface area contributed by atoms with Gasteiger partial charge in [-0.25, -0.2) is 0 Å². The van der Waals surface area contributed by atoms with Crippen LogP contribution in [0.2, 0.25) is 0 Å². The highest BCUT2D eigenvalue weighted by molar-refractivity contribution is 5.98. The summed E-state index contributed by atoms with van der Waals surface area (Å²) in [6.45, 7) is 6.14. The number of hydrogen-bond donors (Lipinski definition) is 2. The highest BCUT2D eigenvalue weighted by atomic mass is 16.5. The lowest BCUT2D eigenvalue weighted by Crippen LogP contribution is -2.52. The van der Waals surface area contributed by atoms with E-state index in [1.54, 1.807) is 0 Å². The fraction of sp³-hybridized carbons (Fsp3) is 0.429. The zero-order valence-electron chi connectivity index (χ0n) is 11.4. The largest absolute Gasteiger partial charge is 0.369 e. The van der Waals surface area contributed by atoms with E-state index in [2.05, 4.69) is 10.6 Å². The molecule has 0 bridgehead atoms. The van der Waals surface area contributed by atoms with E-state index in [1.807, 2.05) is 32.9 Å². The van der Waals surface area contributed by atoms with Gasteiger partial charge in [-0.2, -0.15) is 0 Å². The highest BCUT2D eigenvalue weighted by Crippen LogP contribution is 2.22. The average Bonchev–Trinajstić information content (AvgIpc) is 2.33. The van der Waals surface area contributed by atoms with Crippen LogP contribution in [0.3, 0.4) is 0 Å². The molecule has 1 heterocycles. The van der Waals surface area contributed by atoms with Crippen molar-refractivity contribution in [2.75, 3.05) is 18.5 Å². The summed E-state index contributed by atoms with van der Waals surface area (Å²) < 4.78 is 5.06. The fourth-order valence-electron chi connectivity index (χ4n) is 2.28. The third-order valence-corrected chi connectivity index (χ3v) is 3.09. The van der Waals surface area contributed by atoms with Gasteiger partial charge in [0, 0.05) is 5.69 Å². The lowest BCUT2D eigenvalue weighted by molar-refractivity contribution is -0.136. The molecule has 0 aromatic heterocycles. The molecule has 0 saturated carbocycles. The highest BCUT2D eigenvalue weighted by Gasteiger charge is 2.25. The molecule has 1 saturated heterocycles. The van der Waals surface area contributed by atoms with Crippen LogP contribution in [0.15, 0.2) is 12.1 Å². The number of carbonyl (C=O) groups is 2. The van der Waals surface area contributed by atoms with Crippen LogP contribution in [-0.4, -0.2) is 31.1 Å². The van der Waals surface area contributed by atoms with Crippen molar-refractivity contribution in [3.63, 3.8) is 0 Å². The van der Waals surface area contributed by atoms with Crippen LogP contribution < -0.4 is 10.6 Å². The topological polar surface area (TPSA) is 67.4 Å². The number of hydrogen-bond acceptors (Lipinski definition) is 3.